The Morgan fingerprint density at radius 3 is 2.08 bits per heavy atom. The molecule has 0 saturated carbocycles. The molecule has 2 aliphatic rings. The van der Waals surface area contributed by atoms with Crippen molar-refractivity contribution in [2.75, 3.05) is 0 Å². The first kappa shape index (κ1) is 30.8. The van der Waals surface area contributed by atoms with Crippen LogP contribution in [0.5, 0.6) is 0 Å². The number of nitriles is 1. The molecule has 0 spiro atoms. The van der Waals surface area contributed by atoms with Gasteiger partial charge in [-0.05, 0) is 78.5 Å². The number of rotatable bonds is 5. The van der Waals surface area contributed by atoms with Crippen LogP contribution in [0.2, 0.25) is 0 Å². The lowest BCUT2D eigenvalue weighted by molar-refractivity contribution is 0.409. The van der Waals surface area contributed by atoms with Crippen LogP contribution in [0.15, 0.2) is 163 Å². The van der Waals surface area contributed by atoms with Gasteiger partial charge in [0.2, 0.25) is 0 Å². The van der Waals surface area contributed by atoms with Crippen molar-refractivity contribution < 1.29 is 0 Å². The zero-order valence-electron chi connectivity index (χ0n) is 28.6. The van der Waals surface area contributed by atoms with Gasteiger partial charge in [0.1, 0.15) is 18.2 Å². The smallest absolute Gasteiger partial charge is 0.131 e. The maximum absolute atomic E-state index is 9.72. The highest BCUT2D eigenvalue weighted by Crippen LogP contribution is 2.53. The van der Waals surface area contributed by atoms with E-state index in [-0.39, 0.29) is 17.7 Å². The number of nitrogens with one attached hydrogen (secondary N) is 2. The van der Waals surface area contributed by atoms with E-state index in [4.69, 9.17) is 4.99 Å². The molecule has 9 rings (SSSR count). The van der Waals surface area contributed by atoms with Crippen molar-refractivity contribution >= 4 is 16.6 Å². The van der Waals surface area contributed by atoms with Gasteiger partial charge in [0.25, 0.3) is 0 Å². The standard InChI is InChI=1S/C47H36N4/c1-47(2)40-19-11-18-37(43(40)39-26-20-30(29-48)28-41(39)47)38-27-25-31-12-9-10-17-36(31)42(38)32-21-23-35(24-22-32)46-50-44(33-13-5-3-6-14-33)49-45(51-46)34-15-7-4-8-16-34/h3-28,44,46,50H,1-2H3,(H,49,51). The van der Waals surface area contributed by atoms with Crippen LogP contribution in [0.4, 0.5) is 0 Å². The Balaban J connectivity index is 1.17. The first-order chi connectivity index (χ1) is 25.0. The van der Waals surface area contributed by atoms with Crippen LogP contribution >= 0.6 is 0 Å². The summed E-state index contributed by atoms with van der Waals surface area (Å²) in [5, 5.41) is 19.5. The molecule has 0 fully saturated rings. The quantitative estimate of drug-likeness (QED) is 0.194. The van der Waals surface area contributed by atoms with Gasteiger partial charge < -0.3 is 5.32 Å². The Labute approximate surface area is 298 Å². The number of fused-ring (bicyclic) bond motifs is 4. The van der Waals surface area contributed by atoms with Crippen LogP contribution in [0.1, 0.15) is 59.6 Å². The molecule has 1 heterocycles. The summed E-state index contributed by atoms with van der Waals surface area (Å²) in [5.74, 6) is 0.872. The minimum Gasteiger partial charge on any atom is -0.350 e. The van der Waals surface area contributed by atoms with Crippen molar-refractivity contribution in [3.63, 3.8) is 0 Å². The van der Waals surface area contributed by atoms with Crippen LogP contribution in [-0.2, 0) is 5.41 Å². The number of benzene rings is 7. The van der Waals surface area contributed by atoms with Crippen molar-refractivity contribution in [1.82, 2.24) is 10.6 Å². The van der Waals surface area contributed by atoms with E-state index >= 15 is 0 Å². The summed E-state index contributed by atoms with van der Waals surface area (Å²) in [6.45, 7) is 4.54. The summed E-state index contributed by atoms with van der Waals surface area (Å²) < 4.78 is 0. The monoisotopic (exact) mass is 656 g/mol. The highest BCUT2D eigenvalue weighted by molar-refractivity contribution is 6.07. The van der Waals surface area contributed by atoms with Crippen molar-refractivity contribution in [2.45, 2.75) is 31.6 Å². The first-order valence-electron chi connectivity index (χ1n) is 17.5. The fourth-order valence-electron chi connectivity index (χ4n) is 8.01. The van der Waals surface area contributed by atoms with Gasteiger partial charge in [-0.2, -0.15) is 5.26 Å². The summed E-state index contributed by atoms with van der Waals surface area (Å²) in [6, 6.07) is 58.1. The molecule has 51 heavy (non-hydrogen) atoms. The molecule has 7 aromatic carbocycles. The Morgan fingerprint density at radius 2 is 1.29 bits per heavy atom. The van der Waals surface area contributed by atoms with E-state index < -0.39 is 0 Å². The van der Waals surface area contributed by atoms with Gasteiger partial charge >= 0.3 is 0 Å². The average Bonchev–Trinajstić information content (AvgIpc) is 3.43. The van der Waals surface area contributed by atoms with Crippen LogP contribution in [-0.4, -0.2) is 5.84 Å². The van der Waals surface area contributed by atoms with Crippen LogP contribution in [0, 0.1) is 11.3 Å². The molecular formula is C47H36N4. The summed E-state index contributed by atoms with van der Waals surface area (Å²) in [5.41, 5.74) is 13.5. The van der Waals surface area contributed by atoms with E-state index in [9.17, 15) is 5.26 Å². The molecule has 0 bridgehead atoms. The fraction of sp³-hybridized carbons (Fsp3) is 0.106. The third kappa shape index (κ3) is 5.22. The van der Waals surface area contributed by atoms with Gasteiger partial charge in [-0.25, -0.2) is 4.99 Å². The number of hydrogen-bond donors (Lipinski definition) is 2. The van der Waals surface area contributed by atoms with Gasteiger partial charge in [0.05, 0.1) is 11.6 Å². The predicted octanol–water partition coefficient (Wildman–Crippen LogP) is 10.7. The predicted molar refractivity (Wildman–Crippen MR) is 208 cm³/mol. The molecule has 2 N–H and O–H groups in total. The second-order valence-electron chi connectivity index (χ2n) is 14.0. The second kappa shape index (κ2) is 12.2. The molecule has 1 aliphatic heterocycles. The Kier molecular flexibility index (Phi) is 7.38. The normalized spacial score (nSPS) is 17.2. The third-order valence-corrected chi connectivity index (χ3v) is 10.6. The van der Waals surface area contributed by atoms with E-state index in [0.717, 1.165) is 28.1 Å². The number of nitrogens with zero attached hydrogens (tertiary/aromatic N) is 2. The SMILES string of the molecule is CC1(C)c2cc(C#N)ccc2-c2c(-c3ccc4ccccc4c3-c3ccc(C4N=C(c5ccccc5)NC(c5ccccc5)N4)cc3)cccc21. The highest BCUT2D eigenvalue weighted by Gasteiger charge is 2.37. The lowest BCUT2D eigenvalue weighted by Crippen LogP contribution is -2.44. The molecule has 0 radical (unpaired) electrons. The lowest BCUT2D eigenvalue weighted by atomic mass is 9.81. The summed E-state index contributed by atoms with van der Waals surface area (Å²) in [6.07, 6.45) is -0.327. The van der Waals surface area contributed by atoms with Gasteiger partial charge in [-0.3, -0.25) is 5.32 Å². The van der Waals surface area contributed by atoms with Gasteiger partial charge in [-0.1, -0.05) is 159 Å². The fourth-order valence-corrected chi connectivity index (χ4v) is 8.01. The second-order valence-corrected chi connectivity index (χ2v) is 14.0. The van der Waals surface area contributed by atoms with Crippen LogP contribution < -0.4 is 10.6 Å². The Hall–Kier alpha value is -6.28. The van der Waals surface area contributed by atoms with E-state index in [1.54, 1.807) is 0 Å². The Morgan fingerprint density at radius 1 is 0.588 bits per heavy atom. The maximum atomic E-state index is 9.72. The minimum atomic E-state index is -0.234. The van der Waals surface area contributed by atoms with E-state index in [1.165, 1.54) is 49.7 Å². The van der Waals surface area contributed by atoms with Crippen molar-refractivity contribution in [3.05, 3.63) is 191 Å². The summed E-state index contributed by atoms with van der Waals surface area (Å²) in [4.78, 5) is 5.18. The van der Waals surface area contributed by atoms with Gasteiger partial charge in [0.15, 0.2) is 0 Å². The molecule has 0 saturated heterocycles. The van der Waals surface area contributed by atoms with Gasteiger partial charge in [0, 0.05) is 11.0 Å². The number of aliphatic imine (C=N–C) groups is 1. The largest absolute Gasteiger partial charge is 0.350 e. The van der Waals surface area contributed by atoms with Crippen LogP contribution in [0.25, 0.3) is 44.2 Å². The first-order valence-corrected chi connectivity index (χ1v) is 17.5. The lowest BCUT2D eigenvalue weighted by Gasteiger charge is -2.32. The molecule has 0 amide bonds. The molecule has 2 atom stereocenters. The van der Waals surface area contributed by atoms with Crippen molar-refractivity contribution in [3.8, 4) is 39.4 Å². The summed E-state index contributed by atoms with van der Waals surface area (Å²) >= 11 is 0. The zero-order chi connectivity index (χ0) is 34.5. The average molecular weight is 657 g/mol. The minimum absolute atomic E-state index is 0.0928. The molecule has 4 heteroatoms. The van der Waals surface area contributed by atoms with E-state index in [1.807, 2.05) is 18.2 Å². The third-order valence-electron chi connectivity index (χ3n) is 10.6. The molecule has 4 nitrogen and oxygen atoms in total. The van der Waals surface area contributed by atoms with Crippen LogP contribution in [0.3, 0.4) is 0 Å². The molecule has 7 aromatic rings. The van der Waals surface area contributed by atoms with E-state index in [0.29, 0.717) is 5.56 Å². The Bertz CT molecular complexity index is 2510. The molecule has 244 valence electrons. The molecular weight excluding hydrogens is 621 g/mol. The van der Waals surface area contributed by atoms with Crippen molar-refractivity contribution in [1.29, 1.82) is 5.26 Å². The summed E-state index contributed by atoms with van der Waals surface area (Å²) in [7, 11) is 0. The zero-order valence-corrected chi connectivity index (χ0v) is 28.6. The van der Waals surface area contributed by atoms with Crippen molar-refractivity contribution in [2.24, 2.45) is 4.99 Å². The number of amidine groups is 1. The molecule has 2 unspecified atom stereocenters. The topological polar surface area (TPSA) is 60.2 Å². The molecule has 0 aromatic heterocycles. The highest BCUT2D eigenvalue weighted by atomic mass is 15.3. The van der Waals surface area contributed by atoms with E-state index in [2.05, 4.69) is 170 Å². The van der Waals surface area contributed by atoms with Gasteiger partial charge in [-0.15, -0.1) is 0 Å². The molecule has 1 aliphatic carbocycles. The number of hydrogen-bond acceptors (Lipinski definition) is 4. The maximum Gasteiger partial charge on any atom is 0.131 e.